The Kier molecular flexibility index (Phi) is 4.23. The zero-order valence-corrected chi connectivity index (χ0v) is 7.82. The molecule has 0 fully saturated rings. The number of hydrogen-bond donors (Lipinski definition) is 2. The molecule has 1 amide bonds. The number of hydrogen-bond acceptors (Lipinski definition) is 3. The first-order valence-electron chi connectivity index (χ1n) is 3.44. The fourth-order valence-electron chi connectivity index (χ4n) is 0.641. The molecule has 0 aromatic carbocycles. The molecule has 0 aliphatic heterocycles. The molecule has 0 saturated carbocycles. The van der Waals surface area contributed by atoms with Gasteiger partial charge in [-0.25, -0.2) is 9.36 Å². The second kappa shape index (κ2) is 4.45. The van der Waals surface area contributed by atoms with E-state index < -0.39 is 13.9 Å². The molecule has 0 radical (unpaired) electrons. The van der Waals surface area contributed by atoms with Crippen molar-refractivity contribution in [2.75, 3.05) is 13.1 Å². The Balaban J connectivity index is 4.11. The molecule has 12 heavy (non-hydrogen) atoms. The molecule has 0 unspecified atom stereocenters. The molecule has 0 saturated heterocycles. The van der Waals surface area contributed by atoms with Crippen molar-refractivity contribution in [2.24, 2.45) is 0 Å². The highest BCUT2D eigenvalue weighted by molar-refractivity contribution is 7.46. The molecule has 0 aliphatic rings. The fourth-order valence-corrected chi connectivity index (χ4v) is 0.960. The van der Waals surface area contributed by atoms with Crippen LogP contribution in [-0.2, 0) is 9.09 Å². The molecular weight excluding hydrogens is 185 g/mol. The Hall–Kier alpha value is -0.580. The van der Waals surface area contributed by atoms with Gasteiger partial charge >= 0.3 is 13.9 Å². The van der Waals surface area contributed by atoms with Crippen LogP contribution in [0, 0.1) is 0 Å². The van der Waals surface area contributed by atoms with E-state index in [-0.39, 0.29) is 0 Å². The number of carbonyl (C=O) groups is 1. The van der Waals surface area contributed by atoms with Crippen LogP contribution in [0.5, 0.6) is 0 Å². The minimum absolute atomic E-state index is 0.356. The van der Waals surface area contributed by atoms with Crippen LogP contribution in [0.2, 0.25) is 0 Å². The van der Waals surface area contributed by atoms with E-state index in [9.17, 15) is 9.36 Å². The van der Waals surface area contributed by atoms with Gasteiger partial charge in [-0.3, -0.25) is 9.79 Å². The lowest BCUT2D eigenvalue weighted by atomic mass is 10.6. The van der Waals surface area contributed by atoms with Crippen LogP contribution < -0.4 is 0 Å². The molecule has 0 aliphatic carbocycles. The Morgan fingerprint density at radius 2 is 1.83 bits per heavy atom. The monoisotopic (exact) mass is 197 g/mol. The zero-order chi connectivity index (χ0) is 9.78. The number of rotatable bonds is 3. The Morgan fingerprint density at radius 3 is 2.08 bits per heavy atom. The molecule has 72 valence electrons. The summed E-state index contributed by atoms with van der Waals surface area (Å²) in [5.74, 6) is 0. The van der Waals surface area contributed by atoms with Crippen molar-refractivity contribution in [1.29, 1.82) is 0 Å². The summed E-state index contributed by atoms with van der Waals surface area (Å²) in [5, 5.41) is 0. The summed E-state index contributed by atoms with van der Waals surface area (Å²) in [5.41, 5.74) is 0. The summed E-state index contributed by atoms with van der Waals surface area (Å²) < 4.78 is 14.0. The minimum Gasteiger partial charge on any atom is -0.354 e. The maximum atomic E-state index is 10.8. The highest BCUT2D eigenvalue weighted by atomic mass is 31.2. The Morgan fingerprint density at radius 1 is 1.42 bits per heavy atom. The summed E-state index contributed by atoms with van der Waals surface area (Å²) in [7, 11) is -4.69. The predicted octanol–water partition coefficient (Wildman–Crippen LogP) is 0.557. The molecular formula is C5H12NO5P. The summed E-state index contributed by atoms with van der Waals surface area (Å²) in [6.07, 6.45) is -0.992. The van der Waals surface area contributed by atoms with E-state index in [1.807, 2.05) is 0 Å². The van der Waals surface area contributed by atoms with Crippen LogP contribution in [-0.4, -0.2) is 33.9 Å². The molecule has 0 aromatic rings. The maximum absolute atomic E-state index is 10.8. The van der Waals surface area contributed by atoms with Gasteiger partial charge < -0.3 is 9.42 Å². The van der Waals surface area contributed by atoms with Gasteiger partial charge in [-0.05, 0) is 13.8 Å². The lowest BCUT2D eigenvalue weighted by Gasteiger charge is -2.17. The van der Waals surface area contributed by atoms with E-state index in [4.69, 9.17) is 9.79 Å². The van der Waals surface area contributed by atoms with Gasteiger partial charge in [0, 0.05) is 13.1 Å². The average molecular weight is 197 g/mol. The fraction of sp³-hybridized carbons (Fsp3) is 0.800. The van der Waals surface area contributed by atoms with Gasteiger partial charge in [0.25, 0.3) is 0 Å². The van der Waals surface area contributed by atoms with E-state index in [0.29, 0.717) is 13.1 Å². The number of nitrogens with zero attached hydrogens (tertiary/aromatic N) is 1. The van der Waals surface area contributed by atoms with Crippen molar-refractivity contribution in [3.05, 3.63) is 0 Å². The van der Waals surface area contributed by atoms with Crippen molar-refractivity contribution in [2.45, 2.75) is 13.8 Å². The van der Waals surface area contributed by atoms with Crippen molar-refractivity contribution >= 4 is 13.9 Å². The van der Waals surface area contributed by atoms with Gasteiger partial charge in [-0.15, -0.1) is 0 Å². The molecule has 0 rings (SSSR count). The van der Waals surface area contributed by atoms with Crippen LogP contribution in [0.4, 0.5) is 4.79 Å². The van der Waals surface area contributed by atoms with E-state index in [1.54, 1.807) is 13.8 Å². The van der Waals surface area contributed by atoms with Gasteiger partial charge in [-0.1, -0.05) is 0 Å². The molecule has 0 bridgehead atoms. The number of phosphoric ester groups is 1. The van der Waals surface area contributed by atoms with E-state index in [1.165, 1.54) is 4.90 Å². The van der Waals surface area contributed by atoms with Gasteiger partial charge in [0.2, 0.25) is 0 Å². The van der Waals surface area contributed by atoms with Crippen LogP contribution in [0.15, 0.2) is 0 Å². The first-order valence-corrected chi connectivity index (χ1v) is 4.97. The van der Waals surface area contributed by atoms with Gasteiger partial charge in [0.1, 0.15) is 0 Å². The minimum atomic E-state index is -4.69. The lowest BCUT2D eigenvalue weighted by Crippen LogP contribution is -2.30. The lowest BCUT2D eigenvalue weighted by molar-refractivity contribution is 0.138. The largest absolute Gasteiger partial charge is 0.528 e. The Labute approximate surface area is 70.4 Å². The van der Waals surface area contributed by atoms with Gasteiger partial charge in [-0.2, -0.15) is 0 Å². The van der Waals surface area contributed by atoms with Gasteiger partial charge in [0.05, 0.1) is 0 Å². The topological polar surface area (TPSA) is 87.1 Å². The summed E-state index contributed by atoms with van der Waals surface area (Å²) in [6.45, 7) is 4.08. The molecule has 0 aromatic heterocycles. The maximum Gasteiger partial charge on any atom is 0.528 e. The van der Waals surface area contributed by atoms with Crippen LogP contribution >= 0.6 is 7.82 Å². The molecule has 7 heteroatoms. The van der Waals surface area contributed by atoms with Crippen molar-refractivity contribution in [3.63, 3.8) is 0 Å². The zero-order valence-electron chi connectivity index (χ0n) is 6.93. The number of phosphoric acid groups is 1. The van der Waals surface area contributed by atoms with E-state index in [2.05, 4.69) is 4.52 Å². The number of carbonyl (C=O) groups excluding carboxylic acids is 1. The summed E-state index contributed by atoms with van der Waals surface area (Å²) in [4.78, 5) is 28.5. The molecule has 2 N–H and O–H groups in total. The predicted molar refractivity (Wildman–Crippen MR) is 41.4 cm³/mol. The van der Waals surface area contributed by atoms with Crippen LogP contribution in [0.3, 0.4) is 0 Å². The quantitative estimate of drug-likeness (QED) is 0.645. The van der Waals surface area contributed by atoms with Crippen LogP contribution in [0.1, 0.15) is 13.8 Å². The summed E-state index contributed by atoms with van der Waals surface area (Å²) >= 11 is 0. The van der Waals surface area contributed by atoms with E-state index in [0.717, 1.165) is 0 Å². The third-order valence-electron chi connectivity index (χ3n) is 1.22. The SMILES string of the molecule is CCN(CC)C(=O)OP(=O)(O)O. The van der Waals surface area contributed by atoms with Crippen molar-refractivity contribution in [1.82, 2.24) is 4.90 Å². The first kappa shape index (κ1) is 11.4. The van der Waals surface area contributed by atoms with Gasteiger partial charge in [0.15, 0.2) is 0 Å². The van der Waals surface area contributed by atoms with Crippen LogP contribution in [0.25, 0.3) is 0 Å². The first-order chi connectivity index (χ1) is 5.40. The third kappa shape index (κ3) is 4.33. The van der Waals surface area contributed by atoms with Crippen molar-refractivity contribution < 1.29 is 23.7 Å². The molecule has 0 spiro atoms. The third-order valence-corrected chi connectivity index (χ3v) is 1.61. The second-order valence-corrected chi connectivity index (χ2v) is 3.18. The molecule has 6 nitrogen and oxygen atoms in total. The highest BCUT2D eigenvalue weighted by Gasteiger charge is 2.23. The summed E-state index contributed by atoms with van der Waals surface area (Å²) in [6, 6.07) is 0. The smallest absolute Gasteiger partial charge is 0.354 e. The Bertz CT molecular complexity index is 196. The normalized spacial score (nSPS) is 11.0. The molecule has 0 heterocycles. The highest BCUT2D eigenvalue weighted by Crippen LogP contribution is 2.36. The standard InChI is InChI=1S/C5H12NO5P/c1-3-6(4-2)5(7)11-12(8,9)10/h3-4H2,1-2H3,(H2,8,9,10). The number of amides is 1. The second-order valence-electron chi connectivity index (χ2n) is 2.02. The van der Waals surface area contributed by atoms with E-state index >= 15 is 0 Å². The molecule has 0 atom stereocenters. The van der Waals surface area contributed by atoms with Crippen molar-refractivity contribution in [3.8, 4) is 0 Å². The average Bonchev–Trinajstić information content (AvgIpc) is 1.85.